The molecule has 0 spiro atoms. The Morgan fingerprint density at radius 1 is 1.56 bits per heavy atom. The Bertz CT molecular complexity index is 372. The van der Waals surface area contributed by atoms with Gasteiger partial charge in [-0.1, -0.05) is 6.92 Å². The van der Waals surface area contributed by atoms with Crippen molar-refractivity contribution in [2.45, 2.75) is 32.2 Å². The summed E-state index contributed by atoms with van der Waals surface area (Å²) in [6.45, 7) is 4.78. The van der Waals surface area contributed by atoms with E-state index in [2.05, 4.69) is 27.1 Å². The van der Waals surface area contributed by atoms with E-state index in [1.165, 1.54) is 12.8 Å². The molecule has 1 fully saturated rings. The van der Waals surface area contributed by atoms with Gasteiger partial charge in [-0.25, -0.2) is 4.98 Å². The third kappa shape index (κ3) is 3.32. The first-order valence-electron chi connectivity index (χ1n) is 6.71. The summed E-state index contributed by atoms with van der Waals surface area (Å²) in [7, 11) is 2.01. The molecule has 1 aliphatic rings. The summed E-state index contributed by atoms with van der Waals surface area (Å²) in [4.78, 5) is 11.0. The Labute approximate surface area is 109 Å². The van der Waals surface area contributed by atoms with Crippen LogP contribution in [-0.4, -0.2) is 42.8 Å². The van der Waals surface area contributed by atoms with Crippen molar-refractivity contribution in [3.05, 3.63) is 12.3 Å². The molecule has 1 saturated heterocycles. The summed E-state index contributed by atoms with van der Waals surface area (Å²) in [6.07, 6.45) is 5.16. The Morgan fingerprint density at radius 3 is 3.22 bits per heavy atom. The fraction of sp³-hybridized carbons (Fsp3) is 0.692. The normalized spacial score (nSPS) is 19.9. The Balaban J connectivity index is 2.02. The van der Waals surface area contributed by atoms with E-state index in [1.54, 1.807) is 6.20 Å². The monoisotopic (exact) mass is 250 g/mol. The maximum absolute atomic E-state index is 5.55. The maximum Gasteiger partial charge on any atom is 0.228 e. The molecule has 1 atom stereocenters. The van der Waals surface area contributed by atoms with Crippen molar-refractivity contribution in [2.24, 2.45) is 0 Å². The number of likely N-dealkylation sites (N-methyl/N-ethyl adjacent to an activating group) is 1. The summed E-state index contributed by atoms with van der Waals surface area (Å²) < 4.78 is 5.55. The van der Waals surface area contributed by atoms with Crippen LogP contribution in [-0.2, 0) is 0 Å². The topological polar surface area (TPSA) is 50.3 Å². The Morgan fingerprint density at radius 2 is 2.44 bits per heavy atom. The average Bonchev–Trinajstić information content (AvgIpc) is 2.45. The molecule has 1 N–H and O–H groups in total. The second kappa shape index (κ2) is 6.54. The molecule has 0 aliphatic carbocycles. The lowest BCUT2D eigenvalue weighted by Crippen LogP contribution is -2.45. The third-order valence-electron chi connectivity index (χ3n) is 3.18. The zero-order valence-corrected chi connectivity index (χ0v) is 11.2. The summed E-state index contributed by atoms with van der Waals surface area (Å²) in [5.74, 6) is 1.46. The maximum atomic E-state index is 5.55. The highest BCUT2D eigenvalue weighted by molar-refractivity contribution is 5.33. The van der Waals surface area contributed by atoms with Crippen molar-refractivity contribution in [3.8, 4) is 5.88 Å². The first-order chi connectivity index (χ1) is 8.83. The van der Waals surface area contributed by atoms with Crippen LogP contribution in [0.15, 0.2) is 12.3 Å². The quantitative estimate of drug-likeness (QED) is 0.857. The second-order valence-corrected chi connectivity index (χ2v) is 4.62. The molecule has 18 heavy (non-hydrogen) atoms. The molecule has 1 aromatic heterocycles. The van der Waals surface area contributed by atoms with Gasteiger partial charge in [-0.2, -0.15) is 4.98 Å². The number of hydrogen-bond donors (Lipinski definition) is 1. The van der Waals surface area contributed by atoms with Crippen LogP contribution in [0.3, 0.4) is 0 Å². The van der Waals surface area contributed by atoms with E-state index in [9.17, 15) is 0 Å². The van der Waals surface area contributed by atoms with Gasteiger partial charge in [0.25, 0.3) is 0 Å². The molecule has 1 aliphatic heterocycles. The molecule has 1 unspecified atom stereocenters. The van der Waals surface area contributed by atoms with Gasteiger partial charge >= 0.3 is 0 Å². The number of piperidine rings is 1. The number of hydrogen-bond acceptors (Lipinski definition) is 5. The minimum atomic E-state index is 0.530. The number of rotatable bonds is 5. The summed E-state index contributed by atoms with van der Waals surface area (Å²) in [5, 5.41) is 3.32. The molecule has 100 valence electrons. The molecular formula is C13H22N4O. The number of nitrogens with zero attached hydrogens (tertiary/aromatic N) is 3. The number of nitrogens with one attached hydrogen (secondary N) is 1. The van der Waals surface area contributed by atoms with Gasteiger partial charge in [0.15, 0.2) is 0 Å². The summed E-state index contributed by atoms with van der Waals surface area (Å²) in [6, 6.07) is 2.35. The summed E-state index contributed by atoms with van der Waals surface area (Å²) in [5.41, 5.74) is 0. The van der Waals surface area contributed by atoms with Gasteiger partial charge < -0.3 is 15.0 Å². The van der Waals surface area contributed by atoms with Crippen LogP contribution in [0, 0.1) is 0 Å². The predicted molar refractivity (Wildman–Crippen MR) is 72.1 cm³/mol. The number of ether oxygens (including phenoxy) is 1. The first-order valence-corrected chi connectivity index (χ1v) is 6.71. The van der Waals surface area contributed by atoms with Gasteiger partial charge in [-0.15, -0.1) is 0 Å². The molecule has 1 aromatic rings. The van der Waals surface area contributed by atoms with Crippen LogP contribution < -0.4 is 15.0 Å². The van der Waals surface area contributed by atoms with Crippen LogP contribution in [0.4, 0.5) is 5.95 Å². The smallest absolute Gasteiger partial charge is 0.228 e. The Hall–Kier alpha value is -1.36. The van der Waals surface area contributed by atoms with E-state index < -0.39 is 0 Å². The van der Waals surface area contributed by atoms with Crippen molar-refractivity contribution >= 4 is 5.95 Å². The predicted octanol–water partition coefficient (Wildman–Crippen LogP) is 1.45. The van der Waals surface area contributed by atoms with E-state index in [1.807, 2.05) is 13.1 Å². The third-order valence-corrected chi connectivity index (χ3v) is 3.18. The second-order valence-electron chi connectivity index (χ2n) is 4.62. The average molecular weight is 250 g/mol. The zero-order chi connectivity index (χ0) is 12.8. The van der Waals surface area contributed by atoms with Gasteiger partial charge in [0.05, 0.1) is 6.61 Å². The number of anilines is 1. The number of aromatic nitrogens is 2. The van der Waals surface area contributed by atoms with Crippen LogP contribution >= 0.6 is 0 Å². The lowest BCUT2D eigenvalue weighted by Gasteiger charge is -2.32. The minimum absolute atomic E-state index is 0.530. The van der Waals surface area contributed by atoms with Crippen LogP contribution in [0.25, 0.3) is 0 Å². The van der Waals surface area contributed by atoms with Crippen molar-refractivity contribution in [1.29, 1.82) is 0 Å². The minimum Gasteiger partial charge on any atom is -0.478 e. The van der Waals surface area contributed by atoms with Crippen molar-refractivity contribution < 1.29 is 4.74 Å². The molecule has 0 bridgehead atoms. The molecular weight excluding hydrogens is 228 g/mol. The van der Waals surface area contributed by atoms with Gasteiger partial charge in [0.2, 0.25) is 11.8 Å². The zero-order valence-electron chi connectivity index (χ0n) is 11.2. The van der Waals surface area contributed by atoms with E-state index in [0.717, 1.165) is 25.5 Å². The fourth-order valence-electron chi connectivity index (χ4n) is 2.17. The molecule has 2 heterocycles. The lowest BCUT2D eigenvalue weighted by atomic mass is 10.1. The molecule has 0 aromatic carbocycles. The van der Waals surface area contributed by atoms with Gasteiger partial charge in [-0.3, -0.25) is 0 Å². The molecule has 0 saturated carbocycles. The van der Waals surface area contributed by atoms with Crippen molar-refractivity contribution in [3.63, 3.8) is 0 Å². The van der Waals surface area contributed by atoms with Crippen molar-refractivity contribution in [1.82, 2.24) is 15.3 Å². The van der Waals surface area contributed by atoms with E-state index in [0.29, 0.717) is 18.5 Å². The summed E-state index contributed by atoms with van der Waals surface area (Å²) >= 11 is 0. The van der Waals surface area contributed by atoms with Gasteiger partial charge in [0, 0.05) is 31.4 Å². The van der Waals surface area contributed by atoms with E-state index >= 15 is 0 Å². The van der Waals surface area contributed by atoms with E-state index in [-0.39, 0.29) is 0 Å². The highest BCUT2D eigenvalue weighted by Crippen LogP contribution is 2.18. The lowest BCUT2D eigenvalue weighted by molar-refractivity contribution is 0.304. The van der Waals surface area contributed by atoms with Gasteiger partial charge in [-0.05, 0) is 26.3 Å². The van der Waals surface area contributed by atoms with Crippen molar-refractivity contribution in [2.75, 3.05) is 31.6 Å². The fourth-order valence-corrected chi connectivity index (χ4v) is 2.17. The first kappa shape index (κ1) is 13.1. The molecule has 0 radical (unpaired) electrons. The van der Waals surface area contributed by atoms with Gasteiger partial charge in [0.1, 0.15) is 0 Å². The molecule has 0 amide bonds. The Kier molecular flexibility index (Phi) is 4.75. The van der Waals surface area contributed by atoms with Crippen LogP contribution in [0.2, 0.25) is 0 Å². The van der Waals surface area contributed by atoms with Crippen LogP contribution in [0.1, 0.15) is 26.2 Å². The highest BCUT2D eigenvalue weighted by atomic mass is 16.5. The van der Waals surface area contributed by atoms with E-state index in [4.69, 9.17) is 4.74 Å². The largest absolute Gasteiger partial charge is 0.478 e. The molecule has 5 heteroatoms. The standard InChI is InChI=1S/C13H22N4O/c1-3-9-18-12-6-7-15-13(16-12)17-8-4-5-11(10-17)14-2/h6-7,11,14H,3-5,8-10H2,1-2H3. The molecule has 5 nitrogen and oxygen atoms in total. The highest BCUT2D eigenvalue weighted by Gasteiger charge is 2.20. The SMILES string of the molecule is CCCOc1ccnc(N2CCCC(NC)C2)n1. The van der Waals surface area contributed by atoms with Crippen LogP contribution in [0.5, 0.6) is 5.88 Å². The molecule has 2 rings (SSSR count).